The van der Waals surface area contributed by atoms with Gasteiger partial charge in [-0.2, -0.15) is 0 Å². The van der Waals surface area contributed by atoms with Gasteiger partial charge in [0, 0.05) is 16.3 Å². The van der Waals surface area contributed by atoms with E-state index in [0.29, 0.717) is 12.2 Å². The van der Waals surface area contributed by atoms with Crippen LogP contribution in [0, 0.1) is 0 Å². The molecular formula is C18H16N2O2S. The molecule has 1 aliphatic heterocycles. The van der Waals surface area contributed by atoms with E-state index in [1.54, 1.807) is 24.8 Å². The number of imide groups is 1. The van der Waals surface area contributed by atoms with Crippen molar-refractivity contribution in [1.82, 2.24) is 10.2 Å². The molecule has 0 radical (unpaired) electrons. The monoisotopic (exact) mass is 324 g/mol. The highest BCUT2D eigenvalue weighted by atomic mass is 32.2. The zero-order valence-corrected chi connectivity index (χ0v) is 13.5. The van der Waals surface area contributed by atoms with Crippen molar-refractivity contribution < 1.29 is 9.59 Å². The van der Waals surface area contributed by atoms with Crippen LogP contribution in [0.4, 0.5) is 4.79 Å². The molecule has 0 spiro atoms. The first kappa shape index (κ1) is 15.4. The van der Waals surface area contributed by atoms with E-state index < -0.39 is 0 Å². The molecule has 2 aromatic rings. The molecule has 3 amide bonds. The minimum atomic E-state index is -0.361. The van der Waals surface area contributed by atoms with Crippen LogP contribution in [0.15, 0.2) is 70.1 Å². The van der Waals surface area contributed by atoms with Gasteiger partial charge in [-0.15, -0.1) is 0 Å². The van der Waals surface area contributed by atoms with Gasteiger partial charge in [0.25, 0.3) is 5.91 Å². The molecule has 0 atom stereocenters. The van der Waals surface area contributed by atoms with Crippen LogP contribution < -0.4 is 5.32 Å². The van der Waals surface area contributed by atoms with Gasteiger partial charge in [0.2, 0.25) is 0 Å². The summed E-state index contributed by atoms with van der Waals surface area (Å²) >= 11 is 1.68. The first-order valence-electron chi connectivity index (χ1n) is 7.35. The van der Waals surface area contributed by atoms with E-state index >= 15 is 0 Å². The minimum absolute atomic E-state index is 0.278. The number of nitrogens with one attached hydrogen (secondary N) is 1. The van der Waals surface area contributed by atoms with Crippen LogP contribution in [0.5, 0.6) is 0 Å². The van der Waals surface area contributed by atoms with Gasteiger partial charge >= 0.3 is 6.03 Å². The molecule has 0 unspecified atom stereocenters. The first-order chi connectivity index (χ1) is 11.2. The summed E-state index contributed by atoms with van der Waals surface area (Å²) < 4.78 is 0. The third kappa shape index (κ3) is 3.46. The molecule has 3 rings (SSSR count). The third-order valence-electron chi connectivity index (χ3n) is 3.45. The van der Waals surface area contributed by atoms with Crippen molar-refractivity contribution in [3.05, 3.63) is 65.9 Å². The molecule has 0 aliphatic carbocycles. The average molecular weight is 324 g/mol. The molecule has 0 saturated carbocycles. The lowest BCUT2D eigenvalue weighted by molar-refractivity contribution is -0.122. The van der Waals surface area contributed by atoms with Crippen molar-refractivity contribution >= 4 is 29.8 Å². The number of nitrogens with zero attached hydrogens (tertiary/aromatic N) is 1. The molecule has 23 heavy (non-hydrogen) atoms. The van der Waals surface area contributed by atoms with Gasteiger partial charge in [0.05, 0.1) is 0 Å². The maximum Gasteiger partial charge on any atom is 0.328 e. The van der Waals surface area contributed by atoms with Crippen LogP contribution in [-0.4, -0.2) is 23.4 Å². The molecular weight excluding hydrogens is 308 g/mol. The Balaban J connectivity index is 1.74. The first-order valence-corrected chi connectivity index (χ1v) is 8.16. The Kier molecular flexibility index (Phi) is 4.48. The zero-order valence-electron chi connectivity index (χ0n) is 12.7. The van der Waals surface area contributed by atoms with Crippen LogP contribution in [0.1, 0.15) is 12.5 Å². The molecule has 4 nitrogen and oxygen atoms in total. The number of carbonyl (C=O) groups is 2. The van der Waals surface area contributed by atoms with E-state index in [1.165, 1.54) is 9.80 Å². The van der Waals surface area contributed by atoms with Gasteiger partial charge in [-0.05, 0) is 42.8 Å². The van der Waals surface area contributed by atoms with Crippen molar-refractivity contribution in [2.45, 2.75) is 16.7 Å². The molecule has 0 bridgehead atoms. The fourth-order valence-corrected chi connectivity index (χ4v) is 3.12. The van der Waals surface area contributed by atoms with Gasteiger partial charge in [-0.25, -0.2) is 4.79 Å². The Hall–Kier alpha value is -2.53. The number of amides is 3. The highest BCUT2D eigenvalue weighted by Gasteiger charge is 2.31. The molecule has 1 saturated heterocycles. The SMILES string of the molecule is CCN1C(=O)N/C(=C/c2ccc(Sc3ccccc3)cc2)C1=O. The molecule has 0 aromatic heterocycles. The lowest BCUT2D eigenvalue weighted by Crippen LogP contribution is -2.30. The van der Waals surface area contributed by atoms with Crippen LogP contribution in [0.3, 0.4) is 0 Å². The number of rotatable bonds is 4. The highest BCUT2D eigenvalue weighted by Crippen LogP contribution is 2.27. The van der Waals surface area contributed by atoms with Crippen LogP contribution in [0.2, 0.25) is 0 Å². The predicted molar refractivity (Wildman–Crippen MR) is 90.9 cm³/mol. The zero-order chi connectivity index (χ0) is 16.2. The second-order valence-corrected chi connectivity index (χ2v) is 6.17. The van der Waals surface area contributed by atoms with Gasteiger partial charge < -0.3 is 5.32 Å². The normalized spacial score (nSPS) is 16.0. The largest absolute Gasteiger partial charge is 0.328 e. The topological polar surface area (TPSA) is 49.4 Å². The summed E-state index contributed by atoms with van der Waals surface area (Å²) in [7, 11) is 0. The van der Waals surface area contributed by atoms with E-state index in [1.807, 2.05) is 42.5 Å². The summed E-state index contributed by atoms with van der Waals surface area (Å²) in [5.74, 6) is -0.278. The van der Waals surface area contributed by atoms with Crippen LogP contribution in [0.25, 0.3) is 6.08 Å². The molecule has 1 N–H and O–H groups in total. The predicted octanol–water partition coefficient (Wildman–Crippen LogP) is 3.75. The van der Waals surface area contributed by atoms with E-state index in [4.69, 9.17) is 0 Å². The highest BCUT2D eigenvalue weighted by molar-refractivity contribution is 7.99. The van der Waals surface area contributed by atoms with Crippen LogP contribution >= 0.6 is 11.8 Å². The van der Waals surface area contributed by atoms with Crippen molar-refractivity contribution in [3.63, 3.8) is 0 Å². The molecule has 5 heteroatoms. The van der Waals surface area contributed by atoms with Crippen molar-refractivity contribution in [1.29, 1.82) is 0 Å². The van der Waals surface area contributed by atoms with Crippen molar-refractivity contribution in [2.24, 2.45) is 0 Å². The minimum Gasteiger partial charge on any atom is -0.303 e. The third-order valence-corrected chi connectivity index (χ3v) is 4.46. The summed E-state index contributed by atoms with van der Waals surface area (Å²) in [6, 6.07) is 17.7. The van der Waals surface area contributed by atoms with E-state index in [2.05, 4.69) is 17.4 Å². The fourth-order valence-electron chi connectivity index (χ4n) is 2.28. The maximum atomic E-state index is 12.0. The Morgan fingerprint density at radius 3 is 2.26 bits per heavy atom. The fraction of sp³-hybridized carbons (Fsp3) is 0.111. The number of urea groups is 1. The van der Waals surface area contributed by atoms with E-state index in [-0.39, 0.29) is 11.9 Å². The number of likely N-dealkylation sites (N-methyl/N-ethyl adjacent to an activating group) is 1. The molecule has 1 heterocycles. The number of carbonyl (C=O) groups excluding carboxylic acids is 2. The summed E-state index contributed by atoms with van der Waals surface area (Å²) in [4.78, 5) is 27.1. The van der Waals surface area contributed by atoms with Gasteiger partial charge in [0.15, 0.2) is 0 Å². The van der Waals surface area contributed by atoms with Crippen LogP contribution in [-0.2, 0) is 4.79 Å². The molecule has 2 aromatic carbocycles. The average Bonchev–Trinajstić information content (AvgIpc) is 2.83. The lowest BCUT2D eigenvalue weighted by atomic mass is 10.2. The summed E-state index contributed by atoms with van der Waals surface area (Å²) in [6.07, 6.45) is 1.70. The Morgan fingerprint density at radius 1 is 1.00 bits per heavy atom. The smallest absolute Gasteiger partial charge is 0.303 e. The molecule has 1 fully saturated rings. The lowest BCUT2D eigenvalue weighted by Gasteiger charge is -2.06. The Labute approximate surface area is 139 Å². The van der Waals surface area contributed by atoms with Crippen molar-refractivity contribution in [3.8, 4) is 0 Å². The second kappa shape index (κ2) is 6.71. The van der Waals surface area contributed by atoms with Gasteiger partial charge in [0.1, 0.15) is 5.70 Å². The Morgan fingerprint density at radius 2 is 1.65 bits per heavy atom. The summed E-state index contributed by atoms with van der Waals surface area (Å²) in [6.45, 7) is 2.14. The number of hydrogen-bond donors (Lipinski definition) is 1. The van der Waals surface area contributed by atoms with Gasteiger partial charge in [-0.3, -0.25) is 9.69 Å². The van der Waals surface area contributed by atoms with Gasteiger partial charge in [-0.1, -0.05) is 42.1 Å². The molecule has 116 valence electrons. The summed E-state index contributed by atoms with van der Waals surface area (Å²) in [5.41, 5.74) is 1.20. The van der Waals surface area contributed by atoms with E-state index in [9.17, 15) is 9.59 Å². The maximum absolute atomic E-state index is 12.0. The quantitative estimate of drug-likeness (QED) is 0.688. The summed E-state index contributed by atoms with van der Waals surface area (Å²) in [5, 5.41) is 2.60. The Bertz CT molecular complexity index is 754. The number of benzene rings is 2. The van der Waals surface area contributed by atoms with Crippen molar-refractivity contribution in [2.75, 3.05) is 6.54 Å². The molecule has 1 aliphatic rings. The standard InChI is InChI=1S/C18H16N2O2S/c1-2-20-17(21)16(19-18(20)22)12-13-8-10-15(11-9-13)23-14-6-4-3-5-7-14/h3-12H,2H2,1H3,(H,19,22)/b16-12+. The number of hydrogen-bond acceptors (Lipinski definition) is 3. The second-order valence-electron chi connectivity index (χ2n) is 5.02. The van der Waals surface area contributed by atoms with E-state index in [0.717, 1.165) is 10.5 Å².